The van der Waals surface area contributed by atoms with E-state index < -0.39 is 0 Å². The second kappa shape index (κ2) is 5.30. The van der Waals surface area contributed by atoms with Gasteiger partial charge in [-0.25, -0.2) is 0 Å². The summed E-state index contributed by atoms with van der Waals surface area (Å²) in [4.78, 5) is 16.5. The molecule has 98 valence electrons. The first-order valence-corrected chi connectivity index (χ1v) is 6.22. The number of nitro groups is 1. The van der Waals surface area contributed by atoms with Crippen molar-refractivity contribution in [3.63, 3.8) is 0 Å². The van der Waals surface area contributed by atoms with Crippen molar-refractivity contribution in [2.24, 2.45) is 11.7 Å². The second-order valence-electron chi connectivity index (χ2n) is 4.69. The number of nitrogens with zero attached hydrogens (tertiary/aromatic N) is 3. The van der Waals surface area contributed by atoms with Gasteiger partial charge in [-0.1, -0.05) is 13.3 Å². The molecule has 0 aromatic carbocycles. The Balaban J connectivity index is 2.24. The van der Waals surface area contributed by atoms with Crippen molar-refractivity contribution in [3.8, 4) is 0 Å². The first-order valence-electron chi connectivity index (χ1n) is 6.22. The normalized spacial score (nSPS) is 24.0. The van der Waals surface area contributed by atoms with Crippen molar-refractivity contribution < 1.29 is 4.92 Å². The quantitative estimate of drug-likeness (QED) is 0.650. The maximum absolute atomic E-state index is 11.0. The highest BCUT2D eigenvalue weighted by molar-refractivity contribution is 5.61. The number of pyridine rings is 1. The highest BCUT2D eigenvalue weighted by Gasteiger charge is 2.28. The Bertz CT molecular complexity index is 438. The number of rotatable bonds is 3. The molecule has 1 aliphatic rings. The smallest absolute Gasteiger partial charge is 0.310 e. The van der Waals surface area contributed by atoms with Gasteiger partial charge in [0.05, 0.1) is 4.92 Å². The molecule has 1 fully saturated rings. The molecular weight excluding hydrogens is 232 g/mol. The van der Waals surface area contributed by atoms with E-state index in [4.69, 9.17) is 5.73 Å². The molecule has 0 spiro atoms. The van der Waals surface area contributed by atoms with Gasteiger partial charge in [-0.05, 0) is 18.4 Å². The van der Waals surface area contributed by atoms with E-state index >= 15 is 0 Å². The van der Waals surface area contributed by atoms with Crippen LogP contribution in [0.3, 0.4) is 0 Å². The minimum Gasteiger partial charge on any atom is -0.365 e. The fourth-order valence-corrected chi connectivity index (χ4v) is 2.49. The topological polar surface area (TPSA) is 85.3 Å². The average Bonchev–Trinajstić information content (AvgIpc) is 2.39. The van der Waals surface area contributed by atoms with Crippen LogP contribution < -0.4 is 10.6 Å². The van der Waals surface area contributed by atoms with Gasteiger partial charge in [0, 0.05) is 25.3 Å². The Labute approximate surface area is 106 Å². The molecule has 1 aromatic rings. The van der Waals surface area contributed by atoms with Gasteiger partial charge < -0.3 is 10.6 Å². The lowest BCUT2D eigenvalue weighted by molar-refractivity contribution is -0.384. The summed E-state index contributed by atoms with van der Waals surface area (Å²) in [6.07, 6.45) is 4.77. The van der Waals surface area contributed by atoms with Crippen LogP contribution in [0.25, 0.3) is 0 Å². The molecule has 0 saturated carbocycles. The summed E-state index contributed by atoms with van der Waals surface area (Å²) in [7, 11) is 0. The number of aromatic nitrogens is 1. The molecule has 6 nitrogen and oxygen atoms in total. The number of nitrogens with two attached hydrogens (primary N) is 1. The van der Waals surface area contributed by atoms with Crippen molar-refractivity contribution in [2.75, 3.05) is 18.0 Å². The zero-order chi connectivity index (χ0) is 13.1. The number of anilines is 1. The van der Waals surface area contributed by atoms with E-state index in [1.807, 2.05) is 0 Å². The average molecular weight is 250 g/mol. The van der Waals surface area contributed by atoms with Gasteiger partial charge in [-0.15, -0.1) is 0 Å². The molecule has 1 aliphatic heterocycles. The van der Waals surface area contributed by atoms with Crippen LogP contribution in [0.2, 0.25) is 0 Å². The van der Waals surface area contributed by atoms with E-state index in [2.05, 4.69) is 16.8 Å². The van der Waals surface area contributed by atoms with E-state index in [-0.39, 0.29) is 16.7 Å². The van der Waals surface area contributed by atoms with E-state index in [1.165, 1.54) is 6.20 Å². The summed E-state index contributed by atoms with van der Waals surface area (Å²) in [6, 6.07) is 1.91. The molecule has 18 heavy (non-hydrogen) atoms. The number of hydrogen-bond donors (Lipinski definition) is 1. The summed E-state index contributed by atoms with van der Waals surface area (Å²) in [5.74, 6) is 0.395. The van der Waals surface area contributed by atoms with E-state index in [9.17, 15) is 10.1 Å². The third kappa shape index (κ3) is 2.43. The van der Waals surface area contributed by atoms with Crippen LogP contribution >= 0.6 is 0 Å². The van der Waals surface area contributed by atoms with Crippen LogP contribution in [0, 0.1) is 16.0 Å². The Hall–Kier alpha value is -1.69. The second-order valence-corrected chi connectivity index (χ2v) is 4.69. The fourth-order valence-electron chi connectivity index (χ4n) is 2.49. The van der Waals surface area contributed by atoms with E-state index in [0.717, 1.165) is 25.9 Å². The van der Waals surface area contributed by atoms with Crippen LogP contribution in [0.5, 0.6) is 0 Å². The minimum absolute atomic E-state index is 0.0721. The van der Waals surface area contributed by atoms with Gasteiger partial charge in [0.2, 0.25) is 0 Å². The maximum Gasteiger partial charge on any atom is 0.310 e. The largest absolute Gasteiger partial charge is 0.365 e. The van der Waals surface area contributed by atoms with Crippen LogP contribution in [0.1, 0.15) is 19.8 Å². The minimum atomic E-state index is -0.377. The molecule has 2 unspecified atom stereocenters. The van der Waals surface area contributed by atoms with Gasteiger partial charge in [0.1, 0.15) is 11.9 Å². The Kier molecular flexibility index (Phi) is 3.76. The molecule has 6 heteroatoms. The first-order chi connectivity index (χ1) is 8.63. The summed E-state index contributed by atoms with van der Waals surface area (Å²) >= 11 is 0. The summed E-state index contributed by atoms with van der Waals surface area (Å²) in [5, 5.41) is 11.0. The molecule has 1 saturated heterocycles. The van der Waals surface area contributed by atoms with Crippen LogP contribution in [-0.4, -0.2) is 29.0 Å². The molecule has 2 rings (SSSR count). The van der Waals surface area contributed by atoms with Crippen molar-refractivity contribution in [1.29, 1.82) is 0 Å². The highest BCUT2D eigenvalue weighted by Crippen LogP contribution is 2.30. The van der Waals surface area contributed by atoms with Crippen molar-refractivity contribution in [1.82, 2.24) is 4.98 Å². The molecule has 0 amide bonds. The molecule has 0 bridgehead atoms. The van der Waals surface area contributed by atoms with Crippen LogP contribution in [-0.2, 0) is 0 Å². The van der Waals surface area contributed by atoms with Gasteiger partial charge in [0.25, 0.3) is 0 Å². The van der Waals surface area contributed by atoms with Gasteiger partial charge >= 0.3 is 5.69 Å². The van der Waals surface area contributed by atoms with Crippen molar-refractivity contribution in [3.05, 3.63) is 28.6 Å². The number of hydrogen-bond acceptors (Lipinski definition) is 5. The molecule has 2 heterocycles. The molecule has 0 aliphatic carbocycles. The molecule has 0 radical (unpaired) electrons. The fraction of sp³-hybridized carbons (Fsp3) is 0.583. The highest BCUT2D eigenvalue weighted by atomic mass is 16.6. The van der Waals surface area contributed by atoms with E-state index in [0.29, 0.717) is 11.6 Å². The Morgan fingerprint density at radius 1 is 1.67 bits per heavy atom. The molecule has 1 aromatic heterocycles. The SMILES string of the molecule is CCC1CN(c2ccncc2[N+](=O)[O-])CCC1N. The standard InChI is InChI=1S/C12H18N4O2/c1-2-9-8-15(6-4-10(9)13)11-3-5-14-7-12(11)16(17)18/h3,5,7,9-10H,2,4,6,8,13H2,1H3. The Morgan fingerprint density at radius 2 is 2.44 bits per heavy atom. The zero-order valence-corrected chi connectivity index (χ0v) is 10.5. The van der Waals surface area contributed by atoms with Gasteiger partial charge in [0.15, 0.2) is 0 Å². The van der Waals surface area contributed by atoms with Crippen LogP contribution in [0.4, 0.5) is 11.4 Å². The zero-order valence-electron chi connectivity index (χ0n) is 10.5. The maximum atomic E-state index is 11.0. The van der Waals surface area contributed by atoms with Crippen molar-refractivity contribution >= 4 is 11.4 Å². The lowest BCUT2D eigenvalue weighted by Crippen LogP contribution is -2.47. The lowest BCUT2D eigenvalue weighted by atomic mass is 9.90. The molecule has 2 atom stereocenters. The third-order valence-electron chi connectivity index (χ3n) is 3.63. The summed E-state index contributed by atoms with van der Waals surface area (Å²) in [6.45, 7) is 3.65. The van der Waals surface area contributed by atoms with Gasteiger partial charge in [-0.3, -0.25) is 15.1 Å². The van der Waals surface area contributed by atoms with Crippen LogP contribution in [0.15, 0.2) is 18.5 Å². The van der Waals surface area contributed by atoms with E-state index in [1.54, 1.807) is 12.3 Å². The summed E-state index contributed by atoms with van der Waals surface area (Å²) < 4.78 is 0. The lowest BCUT2D eigenvalue weighted by Gasteiger charge is -2.37. The Morgan fingerprint density at radius 3 is 3.11 bits per heavy atom. The van der Waals surface area contributed by atoms with Gasteiger partial charge in [-0.2, -0.15) is 0 Å². The summed E-state index contributed by atoms with van der Waals surface area (Å²) in [5.41, 5.74) is 6.78. The number of piperidine rings is 1. The first kappa shape index (κ1) is 12.8. The molecular formula is C12H18N4O2. The molecule has 2 N–H and O–H groups in total. The van der Waals surface area contributed by atoms with Crippen molar-refractivity contribution in [2.45, 2.75) is 25.8 Å². The third-order valence-corrected chi connectivity index (χ3v) is 3.63. The monoisotopic (exact) mass is 250 g/mol. The predicted molar refractivity (Wildman–Crippen MR) is 69.5 cm³/mol. The predicted octanol–water partition coefficient (Wildman–Crippen LogP) is 1.55.